The summed E-state index contributed by atoms with van der Waals surface area (Å²) in [5.41, 5.74) is 1.92. The van der Waals surface area contributed by atoms with Gasteiger partial charge in [0, 0.05) is 5.56 Å². The standard InChI is InChI=1S/C16H8N4O3/c21-16-9-2-1-3-10-13(9)15(19-20-16)18-14(17-10)8-4-5-11-12(6-8)23-7-22-11/h1-6H,7H2. The number of aromatic nitrogens is 2. The summed E-state index contributed by atoms with van der Waals surface area (Å²) < 4.78 is 10.7. The second-order valence-corrected chi connectivity index (χ2v) is 5.14. The molecule has 7 nitrogen and oxygen atoms in total. The minimum Gasteiger partial charge on any atom is -0.454 e. The van der Waals surface area contributed by atoms with Gasteiger partial charge in [0.2, 0.25) is 6.79 Å². The van der Waals surface area contributed by atoms with E-state index in [4.69, 9.17) is 9.47 Å². The predicted molar refractivity (Wildman–Crippen MR) is 79.9 cm³/mol. The predicted octanol–water partition coefficient (Wildman–Crippen LogP) is 3.26. The van der Waals surface area contributed by atoms with Crippen molar-refractivity contribution in [3.8, 4) is 22.9 Å². The van der Waals surface area contributed by atoms with Gasteiger partial charge in [0.25, 0.3) is 5.91 Å². The fourth-order valence-corrected chi connectivity index (χ4v) is 2.73. The third-order valence-corrected chi connectivity index (χ3v) is 3.80. The molecule has 0 radical (unpaired) electrons. The summed E-state index contributed by atoms with van der Waals surface area (Å²) >= 11 is 0. The Bertz CT molecular complexity index is 1030. The van der Waals surface area contributed by atoms with E-state index in [1.807, 2.05) is 24.3 Å². The first-order valence-electron chi connectivity index (χ1n) is 6.96. The Kier molecular flexibility index (Phi) is 2.30. The minimum atomic E-state index is -0.373. The second-order valence-electron chi connectivity index (χ2n) is 5.14. The molecular formula is C16H8N4O3. The number of benzene rings is 2. The van der Waals surface area contributed by atoms with Crippen molar-refractivity contribution in [3.63, 3.8) is 0 Å². The first-order chi connectivity index (χ1) is 11.3. The first kappa shape index (κ1) is 12.2. The smallest absolute Gasteiger partial charge is 0.296 e. The molecule has 1 aromatic heterocycles. The molecule has 2 aromatic carbocycles. The summed E-state index contributed by atoms with van der Waals surface area (Å²) in [7, 11) is 0. The maximum absolute atomic E-state index is 11.8. The van der Waals surface area contributed by atoms with Crippen LogP contribution in [0, 0.1) is 0 Å². The van der Waals surface area contributed by atoms with E-state index in [1.54, 1.807) is 12.1 Å². The molecule has 0 saturated heterocycles. The Hall–Kier alpha value is -3.35. The highest BCUT2D eigenvalue weighted by atomic mass is 16.7. The Morgan fingerprint density at radius 2 is 1.87 bits per heavy atom. The zero-order chi connectivity index (χ0) is 15.4. The minimum absolute atomic E-state index is 0.211. The van der Waals surface area contributed by atoms with Crippen LogP contribution < -0.4 is 9.47 Å². The Balaban J connectivity index is 1.75. The van der Waals surface area contributed by atoms with Gasteiger partial charge in [-0.25, -0.2) is 9.97 Å². The number of hydrogen-bond donors (Lipinski definition) is 0. The summed E-state index contributed by atoms with van der Waals surface area (Å²) in [5, 5.41) is 8.20. The molecule has 0 spiro atoms. The fourth-order valence-electron chi connectivity index (χ4n) is 2.73. The zero-order valence-corrected chi connectivity index (χ0v) is 11.7. The first-order valence-corrected chi connectivity index (χ1v) is 6.96. The lowest BCUT2D eigenvalue weighted by molar-refractivity contribution is 0.0995. The number of azo groups is 1. The van der Waals surface area contributed by atoms with Gasteiger partial charge in [-0.2, -0.15) is 0 Å². The average molecular weight is 304 g/mol. The molecular weight excluding hydrogens is 296 g/mol. The highest BCUT2D eigenvalue weighted by molar-refractivity contribution is 6.11. The lowest BCUT2D eigenvalue weighted by Crippen LogP contribution is -2.02. The van der Waals surface area contributed by atoms with E-state index in [1.165, 1.54) is 0 Å². The number of carbonyl (C=O) groups excluding carboxylic acids is 1. The van der Waals surface area contributed by atoms with E-state index in [-0.39, 0.29) is 12.7 Å². The normalized spacial score (nSPS) is 14.5. The van der Waals surface area contributed by atoms with Gasteiger partial charge in [0.15, 0.2) is 23.1 Å². The van der Waals surface area contributed by atoms with Crippen LogP contribution in [0.2, 0.25) is 0 Å². The number of hydrogen-bond acceptors (Lipinski definition) is 6. The second kappa shape index (κ2) is 4.33. The summed E-state index contributed by atoms with van der Waals surface area (Å²) in [6.45, 7) is 0.211. The third kappa shape index (κ3) is 1.73. The van der Waals surface area contributed by atoms with Crippen LogP contribution in [0.5, 0.6) is 11.5 Å². The molecule has 23 heavy (non-hydrogen) atoms. The monoisotopic (exact) mass is 304 g/mol. The summed E-state index contributed by atoms with van der Waals surface area (Å²) in [6.07, 6.45) is 0. The molecule has 0 unspecified atom stereocenters. The van der Waals surface area contributed by atoms with Crippen molar-refractivity contribution < 1.29 is 14.3 Å². The topological polar surface area (TPSA) is 86.0 Å². The molecule has 0 atom stereocenters. The quantitative estimate of drug-likeness (QED) is 0.688. The van der Waals surface area contributed by atoms with Gasteiger partial charge in [-0.05, 0) is 30.3 Å². The molecule has 7 heteroatoms. The summed E-state index contributed by atoms with van der Waals surface area (Å²) in [4.78, 5) is 20.8. The Morgan fingerprint density at radius 3 is 2.83 bits per heavy atom. The molecule has 0 aliphatic carbocycles. The number of rotatable bonds is 1. The fraction of sp³-hybridized carbons (Fsp3) is 0.0625. The molecule has 2 aliphatic heterocycles. The SMILES string of the molecule is O=C1N=Nc2nc(-c3ccc4c(c3)OCO4)nc3cccc1c23. The number of carbonyl (C=O) groups is 1. The largest absolute Gasteiger partial charge is 0.454 e. The maximum atomic E-state index is 11.8. The van der Waals surface area contributed by atoms with Crippen molar-refractivity contribution in [2.45, 2.75) is 0 Å². The van der Waals surface area contributed by atoms with Gasteiger partial charge < -0.3 is 9.47 Å². The molecule has 0 fully saturated rings. The van der Waals surface area contributed by atoms with Crippen molar-refractivity contribution in [1.29, 1.82) is 0 Å². The number of ether oxygens (including phenoxy) is 2. The van der Waals surface area contributed by atoms with Gasteiger partial charge in [0.1, 0.15) is 0 Å². The summed E-state index contributed by atoms with van der Waals surface area (Å²) in [5.74, 6) is 1.88. The van der Waals surface area contributed by atoms with Gasteiger partial charge >= 0.3 is 0 Å². The Labute approximate surface area is 129 Å². The lowest BCUT2D eigenvalue weighted by atomic mass is 10.1. The van der Waals surface area contributed by atoms with Crippen LogP contribution >= 0.6 is 0 Å². The van der Waals surface area contributed by atoms with Crippen molar-refractivity contribution in [2.24, 2.45) is 10.2 Å². The molecule has 5 rings (SSSR count). The van der Waals surface area contributed by atoms with Crippen molar-refractivity contribution in [3.05, 3.63) is 42.0 Å². The van der Waals surface area contributed by atoms with Crippen LogP contribution in [0.15, 0.2) is 46.6 Å². The molecule has 2 aliphatic rings. The van der Waals surface area contributed by atoms with E-state index in [9.17, 15) is 4.79 Å². The van der Waals surface area contributed by atoms with E-state index in [2.05, 4.69) is 20.2 Å². The molecule has 3 aromatic rings. The van der Waals surface area contributed by atoms with E-state index < -0.39 is 0 Å². The van der Waals surface area contributed by atoms with Crippen LogP contribution in [0.3, 0.4) is 0 Å². The Morgan fingerprint density at radius 1 is 0.957 bits per heavy atom. The van der Waals surface area contributed by atoms with Crippen molar-refractivity contribution >= 4 is 22.6 Å². The number of amides is 1. The molecule has 0 saturated carbocycles. The van der Waals surface area contributed by atoms with Crippen LogP contribution in [0.25, 0.3) is 22.3 Å². The van der Waals surface area contributed by atoms with Gasteiger partial charge in [-0.1, -0.05) is 6.07 Å². The van der Waals surface area contributed by atoms with Crippen LogP contribution in [0.1, 0.15) is 10.4 Å². The number of fused-ring (bicyclic) bond motifs is 1. The van der Waals surface area contributed by atoms with Crippen LogP contribution in [0.4, 0.5) is 5.82 Å². The van der Waals surface area contributed by atoms with Gasteiger partial charge in [0.05, 0.1) is 16.5 Å². The summed E-state index contributed by atoms with van der Waals surface area (Å²) in [6, 6.07) is 10.8. The van der Waals surface area contributed by atoms with E-state index in [0.717, 1.165) is 5.56 Å². The van der Waals surface area contributed by atoms with Crippen LogP contribution in [-0.4, -0.2) is 22.7 Å². The third-order valence-electron chi connectivity index (χ3n) is 3.80. The van der Waals surface area contributed by atoms with Gasteiger partial charge in [-0.15, -0.1) is 10.2 Å². The lowest BCUT2D eigenvalue weighted by Gasteiger charge is -2.10. The maximum Gasteiger partial charge on any atom is 0.296 e. The van der Waals surface area contributed by atoms with Crippen molar-refractivity contribution in [2.75, 3.05) is 6.79 Å². The van der Waals surface area contributed by atoms with Crippen LogP contribution in [-0.2, 0) is 0 Å². The van der Waals surface area contributed by atoms with Gasteiger partial charge in [-0.3, -0.25) is 4.79 Å². The van der Waals surface area contributed by atoms with E-state index >= 15 is 0 Å². The molecule has 3 heterocycles. The average Bonchev–Trinajstić information content (AvgIpc) is 3.05. The molecule has 0 N–H and O–H groups in total. The zero-order valence-electron chi connectivity index (χ0n) is 11.7. The highest BCUT2D eigenvalue weighted by Gasteiger charge is 2.21. The van der Waals surface area contributed by atoms with Crippen molar-refractivity contribution in [1.82, 2.24) is 9.97 Å². The number of nitrogens with zero attached hydrogens (tertiary/aromatic N) is 4. The molecule has 1 amide bonds. The molecule has 110 valence electrons. The highest BCUT2D eigenvalue weighted by Crippen LogP contribution is 2.37. The van der Waals surface area contributed by atoms with E-state index in [0.29, 0.717) is 39.6 Å². The molecule has 0 bridgehead atoms.